The second-order valence-electron chi connectivity index (χ2n) is 3.76. The van der Waals surface area contributed by atoms with Crippen LogP contribution in [0.3, 0.4) is 0 Å². The molecule has 1 aliphatic heterocycles. The Balaban J connectivity index is 1.83. The molecule has 0 saturated carbocycles. The van der Waals surface area contributed by atoms with Crippen LogP contribution in [0, 0.1) is 0 Å². The van der Waals surface area contributed by atoms with Crippen molar-refractivity contribution in [1.82, 2.24) is 0 Å². The predicted molar refractivity (Wildman–Crippen MR) is 74.2 cm³/mol. The van der Waals surface area contributed by atoms with Gasteiger partial charge in [0.05, 0.1) is 51.8 Å². The van der Waals surface area contributed by atoms with Crippen molar-refractivity contribution in [2.45, 2.75) is 12.2 Å². The molecule has 1 heterocycles. The third-order valence-corrected chi connectivity index (χ3v) is 4.77. The van der Waals surface area contributed by atoms with E-state index in [9.17, 15) is 5.11 Å². The summed E-state index contributed by atoms with van der Waals surface area (Å²) in [5, 5.41) is 9.66. The topological polar surface area (TPSA) is 57.2 Å². The molecule has 108 valence electrons. The molecule has 0 aromatic heterocycles. The maximum Gasteiger partial charge on any atom is 0.0941 e. The number of hydrogen-bond acceptors (Lipinski definition) is 7. The van der Waals surface area contributed by atoms with Gasteiger partial charge in [0.25, 0.3) is 0 Å². The van der Waals surface area contributed by atoms with Crippen molar-refractivity contribution in [1.29, 1.82) is 0 Å². The summed E-state index contributed by atoms with van der Waals surface area (Å²) in [6, 6.07) is 0. The fraction of sp³-hybridized carbons (Fsp3) is 1.00. The van der Waals surface area contributed by atoms with E-state index in [4.69, 9.17) is 18.9 Å². The predicted octanol–water partition coefficient (Wildman–Crippen LogP) is 0.807. The molecule has 7 heteroatoms. The van der Waals surface area contributed by atoms with Gasteiger partial charge in [0.2, 0.25) is 0 Å². The number of methoxy groups -OCH3 is 1. The first-order valence-electron chi connectivity index (χ1n) is 6.03. The molecule has 1 unspecified atom stereocenters. The van der Waals surface area contributed by atoms with Crippen molar-refractivity contribution in [2.75, 3.05) is 58.3 Å². The Bertz CT molecular complexity index is 196. The highest BCUT2D eigenvalue weighted by atomic mass is 33.1. The van der Waals surface area contributed by atoms with Crippen molar-refractivity contribution in [3.8, 4) is 0 Å². The van der Waals surface area contributed by atoms with Gasteiger partial charge in [-0.25, -0.2) is 0 Å². The highest BCUT2D eigenvalue weighted by molar-refractivity contribution is 8.76. The molecule has 1 saturated heterocycles. The average Bonchev–Trinajstić information content (AvgIpc) is 2.39. The first kappa shape index (κ1) is 16.6. The molecule has 0 bridgehead atoms. The standard InChI is InChI=1S/C11H22O5S2/c1-13-2-3-14-4-5-15-6-7-16-11-9-18-17-8-10(11)12/h10-12H,2-9H2,1H3/t10-,11?/m1/s1. The third kappa shape index (κ3) is 7.83. The third-order valence-electron chi connectivity index (χ3n) is 2.35. The zero-order valence-corrected chi connectivity index (χ0v) is 12.3. The fourth-order valence-corrected chi connectivity index (χ4v) is 3.73. The van der Waals surface area contributed by atoms with Crippen molar-refractivity contribution in [3.05, 3.63) is 0 Å². The highest BCUT2D eigenvalue weighted by Gasteiger charge is 2.24. The lowest BCUT2D eigenvalue weighted by Crippen LogP contribution is -2.36. The number of hydrogen-bond donors (Lipinski definition) is 1. The summed E-state index contributed by atoms with van der Waals surface area (Å²) in [6.07, 6.45) is -0.411. The van der Waals surface area contributed by atoms with Crippen molar-refractivity contribution < 1.29 is 24.1 Å². The van der Waals surface area contributed by atoms with Crippen LogP contribution in [0.25, 0.3) is 0 Å². The van der Waals surface area contributed by atoms with E-state index in [2.05, 4.69) is 0 Å². The minimum Gasteiger partial charge on any atom is -0.389 e. The Labute approximate surface area is 116 Å². The van der Waals surface area contributed by atoms with Crippen LogP contribution in [0.15, 0.2) is 0 Å². The van der Waals surface area contributed by atoms with Gasteiger partial charge >= 0.3 is 0 Å². The van der Waals surface area contributed by atoms with Crippen LogP contribution in [-0.4, -0.2) is 75.6 Å². The molecule has 5 nitrogen and oxygen atoms in total. The zero-order valence-electron chi connectivity index (χ0n) is 10.7. The van der Waals surface area contributed by atoms with Crippen LogP contribution in [0.1, 0.15) is 0 Å². The second-order valence-corrected chi connectivity index (χ2v) is 6.32. The Morgan fingerprint density at radius 3 is 2.22 bits per heavy atom. The lowest BCUT2D eigenvalue weighted by molar-refractivity contribution is -0.0446. The van der Waals surface area contributed by atoms with E-state index < -0.39 is 0 Å². The largest absolute Gasteiger partial charge is 0.389 e. The second kappa shape index (κ2) is 11.3. The van der Waals surface area contributed by atoms with Gasteiger partial charge in [0.1, 0.15) is 0 Å². The maximum atomic E-state index is 9.66. The molecule has 0 aliphatic carbocycles. The molecule has 0 aromatic carbocycles. The van der Waals surface area contributed by atoms with Gasteiger partial charge in [-0.2, -0.15) is 0 Å². The Hall–Kier alpha value is 0.500. The molecule has 0 amide bonds. The zero-order chi connectivity index (χ0) is 13.1. The fourth-order valence-electron chi connectivity index (χ4n) is 1.33. The minimum absolute atomic E-state index is 0.0576. The van der Waals surface area contributed by atoms with Crippen LogP contribution in [0.5, 0.6) is 0 Å². The summed E-state index contributed by atoms with van der Waals surface area (Å²) in [6.45, 7) is 3.39. The molecule has 0 radical (unpaired) electrons. The molecular weight excluding hydrogens is 276 g/mol. The summed E-state index contributed by atoms with van der Waals surface area (Å²) < 4.78 is 21.0. The lowest BCUT2D eigenvalue weighted by atomic mass is 10.2. The van der Waals surface area contributed by atoms with Gasteiger partial charge in [-0.1, -0.05) is 21.6 Å². The summed E-state index contributed by atoms with van der Waals surface area (Å²) in [4.78, 5) is 0. The SMILES string of the molecule is COCCOCCOCCOC1CSSC[C@H]1O. The normalized spacial score (nSPS) is 24.3. The number of aliphatic hydroxyl groups excluding tert-OH is 1. The van der Waals surface area contributed by atoms with Gasteiger partial charge in [-0.05, 0) is 0 Å². The van der Waals surface area contributed by atoms with Crippen LogP contribution >= 0.6 is 21.6 Å². The maximum absolute atomic E-state index is 9.66. The van der Waals surface area contributed by atoms with Crippen molar-refractivity contribution >= 4 is 21.6 Å². The Morgan fingerprint density at radius 2 is 1.56 bits per heavy atom. The molecule has 0 aromatic rings. The molecule has 1 fully saturated rings. The Kier molecular flexibility index (Phi) is 10.4. The van der Waals surface area contributed by atoms with Gasteiger partial charge in [0.15, 0.2) is 0 Å². The van der Waals surface area contributed by atoms with Crippen LogP contribution in [0.2, 0.25) is 0 Å². The van der Waals surface area contributed by atoms with Gasteiger partial charge in [-0.3, -0.25) is 0 Å². The monoisotopic (exact) mass is 298 g/mol. The van der Waals surface area contributed by atoms with Gasteiger partial charge < -0.3 is 24.1 Å². The Morgan fingerprint density at radius 1 is 0.944 bits per heavy atom. The molecule has 0 spiro atoms. The van der Waals surface area contributed by atoms with Crippen LogP contribution < -0.4 is 0 Å². The first-order valence-corrected chi connectivity index (χ1v) is 8.52. The van der Waals surface area contributed by atoms with Crippen LogP contribution in [0.4, 0.5) is 0 Å². The molecule has 2 atom stereocenters. The van der Waals surface area contributed by atoms with E-state index in [1.807, 2.05) is 0 Å². The highest BCUT2D eigenvalue weighted by Crippen LogP contribution is 2.30. The summed E-state index contributed by atoms with van der Waals surface area (Å²) in [5.41, 5.74) is 0. The molecule has 1 N–H and O–H groups in total. The van der Waals surface area contributed by atoms with E-state index >= 15 is 0 Å². The quantitative estimate of drug-likeness (QED) is 0.473. The van der Waals surface area contributed by atoms with Crippen LogP contribution in [-0.2, 0) is 18.9 Å². The number of aliphatic hydroxyl groups is 1. The minimum atomic E-state index is -0.353. The average molecular weight is 298 g/mol. The summed E-state index contributed by atoms with van der Waals surface area (Å²) in [5.74, 6) is 1.58. The smallest absolute Gasteiger partial charge is 0.0941 e. The van der Waals surface area contributed by atoms with E-state index in [1.54, 1.807) is 28.7 Å². The first-order chi connectivity index (χ1) is 8.84. The van der Waals surface area contributed by atoms with E-state index in [-0.39, 0.29) is 12.2 Å². The van der Waals surface area contributed by atoms with Gasteiger partial charge in [-0.15, -0.1) is 0 Å². The van der Waals surface area contributed by atoms with E-state index in [0.29, 0.717) is 39.6 Å². The summed E-state index contributed by atoms with van der Waals surface area (Å²) in [7, 11) is 5.08. The molecule has 18 heavy (non-hydrogen) atoms. The molecular formula is C11H22O5S2. The number of ether oxygens (including phenoxy) is 4. The number of rotatable bonds is 10. The lowest BCUT2D eigenvalue weighted by Gasteiger charge is -2.26. The molecule has 1 aliphatic rings. The van der Waals surface area contributed by atoms with E-state index in [1.165, 1.54) is 0 Å². The van der Waals surface area contributed by atoms with E-state index in [0.717, 1.165) is 11.5 Å². The van der Waals surface area contributed by atoms with Crippen molar-refractivity contribution in [2.24, 2.45) is 0 Å². The summed E-state index contributed by atoms with van der Waals surface area (Å²) >= 11 is 0. The van der Waals surface area contributed by atoms with Gasteiger partial charge in [0, 0.05) is 18.6 Å². The molecule has 1 rings (SSSR count). The van der Waals surface area contributed by atoms with Crippen molar-refractivity contribution in [3.63, 3.8) is 0 Å².